The summed E-state index contributed by atoms with van der Waals surface area (Å²) in [6.45, 7) is 5.93. The Morgan fingerprint density at radius 2 is 1.93 bits per heavy atom. The monoisotopic (exact) mass is 379 g/mol. The highest BCUT2D eigenvalue weighted by molar-refractivity contribution is 7.13. The van der Waals surface area contributed by atoms with Gasteiger partial charge in [0.1, 0.15) is 10.7 Å². The molecule has 27 heavy (non-hydrogen) atoms. The molecule has 0 aliphatic heterocycles. The Bertz CT molecular complexity index is 995. The van der Waals surface area contributed by atoms with Crippen LogP contribution in [0.25, 0.3) is 10.6 Å². The van der Waals surface area contributed by atoms with Gasteiger partial charge in [-0.1, -0.05) is 35.9 Å². The van der Waals surface area contributed by atoms with E-state index >= 15 is 0 Å². The van der Waals surface area contributed by atoms with Gasteiger partial charge >= 0.3 is 0 Å². The predicted molar refractivity (Wildman–Crippen MR) is 109 cm³/mol. The molecule has 1 heterocycles. The quantitative estimate of drug-likeness (QED) is 0.694. The largest absolute Gasteiger partial charge is 0.347 e. The maximum Gasteiger partial charge on any atom is 0.271 e. The lowest BCUT2D eigenvalue weighted by Crippen LogP contribution is -2.23. The number of hydrogen-bond donors (Lipinski definition) is 2. The second-order valence-electron chi connectivity index (χ2n) is 6.42. The molecule has 1 aromatic heterocycles. The van der Waals surface area contributed by atoms with Crippen molar-refractivity contribution in [3.8, 4) is 10.6 Å². The third kappa shape index (κ3) is 4.80. The Hall–Kier alpha value is -2.99. The topological polar surface area (TPSA) is 71.1 Å². The fourth-order valence-corrected chi connectivity index (χ4v) is 3.68. The van der Waals surface area contributed by atoms with E-state index in [2.05, 4.69) is 28.6 Å². The van der Waals surface area contributed by atoms with Gasteiger partial charge in [-0.2, -0.15) is 0 Å². The van der Waals surface area contributed by atoms with Crippen molar-refractivity contribution in [2.75, 3.05) is 5.32 Å². The summed E-state index contributed by atoms with van der Waals surface area (Å²) in [7, 11) is 0. The maximum atomic E-state index is 12.4. The van der Waals surface area contributed by atoms with Crippen LogP contribution >= 0.6 is 11.3 Å². The zero-order chi connectivity index (χ0) is 19.4. The minimum atomic E-state index is -0.216. The van der Waals surface area contributed by atoms with E-state index in [1.165, 1.54) is 23.8 Å². The molecular formula is C21H21N3O2S. The SMILES string of the molecule is CC(=O)Nc1cccc(CNC(=O)c2csc(-c3ccc(C)cc3C)n2)c1. The van der Waals surface area contributed by atoms with Crippen molar-refractivity contribution < 1.29 is 9.59 Å². The van der Waals surface area contributed by atoms with Gasteiger partial charge < -0.3 is 10.6 Å². The van der Waals surface area contributed by atoms with E-state index in [1.54, 1.807) is 5.38 Å². The van der Waals surface area contributed by atoms with Crippen LogP contribution in [0, 0.1) is 13.8 Å². The summed E-state index contributed by atoms with van der Waals surface area (Å²) in [6.07, 6.45) is 0. The third-order valence-corrected chi connectivity index (χ3v) is 4.93. The molecule has 2 aromatic carbocycles. The lowest BCUT2D eigenvalue weighted by atomic mass is 10.1. The summed E-state index contributed by atoms with van der Waals surface area (Å²) in [6, 6.07) is 13.6. The Kier molecular flexibility index (Phi) is 5.66. The van der Waals surface area contributed by atoms with E-state index in [9.17, 15) is 9.59 Å². The van der Waals surface area contributed by atoms with Crippen molar-refractivity contribution in [2.45, 2.75) is 27.3 Å². The molecule has 138 valence electrons. The van der Waals surface area contributed by atoms with Crippen molar-refractivity contribution in [3.63, 3.8) is 0 Å². The Labute approximate surface area is 162 Å². The number of aryl methyl sites for hydroxylation is 2. The van der Waals surface area contributed by atoms with E-state index in [1.807, 2.05) is 43.3 Å². The van der Waals surface area contributed by atoms with Crippen LogP contribution in [-0.2, 0) is 11.3 Å². The summed E-state index contributed by atoms with van der Waals surface area (Å²) in [5.74, 6) is -0.343. The summed E-state index contributed by atoms with van der Waals surface area (Å²) in [5.41, 5.74) is 5.42. The fraction of sp³-hybridized carbons (Fsp3) is 0.190. The van der Waals surface area contributed by atoms with Gasteiger partial charge in [-0.25, -0.2) is 4.98 Å². The minimum absolute atomic E-state index is 0.127. The number of thiazole rings is 1. The molecule has 2 N–H and O–H groups in total. The number of nitrogens with one attached hydrogen (secondary N) is 2. The standard InChI is InChI=1S/C21H21N3O2S/c1-13-7-8-18(14(2)9-13)21-24-19(12-27-21)20(26)22-11-16-5-4-6-17(10-16)23-15(3)25/h4-10,12H,11H2,1-3H3,(H,22,26)(H,23,25). The molecule has 3 aromatic rings. The highest BCUT2D eigenvalue weighted by Crippen LogP contribution is 2.27. The number of carbonyl (C=O) groups excluding carboxylic acids is 2. The highest BCUT2D eigenvalue weighted by atomic mass is 32.1. The lowest BCUT2D eigenvalue weighted by Gasteiger charge is -2.07. The molecule has 3 rings (SSSR count). The molecule has 6 heteroatoms. The molecule has 0 aliphatic rings. The van der Waals surface area contributed by atoms with Gasteiger partial charge in [0.2, 0.25) is 5.91 Å². The number of hydrogen-bond acceptors (Lipinski definition) is 4. The molecule has 0 saturated heterocycles. The lowest BCUT2D eigenvalue weighted by molar-refractivity contribution is -0.114. The second kappa shape index (κ2) is 8.14. The van der Waals surface area contributed by atoms with Gasteiger partial charge in [-0.3, -0.25) is 9.59 Å². The molecular weight excluding hydrogens is 358 g/mol. The maximum absolute atomic E-state index is 12.4. The van der Waals surface area contributed by atoms with Crippen LogP contribution in [0.4, 0.5) is 5.69 Å². The molecule has 0 atom stereocenters. The van der Waals surface area contributed by atoms with E-state index in [-0.39, 0.29) is 11.8 Å². The first-order valence-corrected chi connectivity index (χ1v) is 9.48. The number of amides is 2. The van der Waals surface area contributed by atoms with Gasteiger partial charge in [0, 0.05) is 30.1 Å². The molecule has 0 fully saturated rings. The van der Waals surface area contributed by atoms with Gasteiger partial charge in [0.15, 0.2) is 0 Å². The van der Waals surface area contributed by atoms with Crippen LogP contribution in [0.3, 0.4) is 0 Å². The first-order valence-electron chi connectivity index (χ1n) is 8.60. The van der Waals surface area contributed by atoms with Gasteiger partial charge in [0.25, 0.3) is 5.91 Å². The molecule has 0 saturated carbocycles. The van der Waals surface area contributed by atoms with E-state index in [0.29, 0.717) is 17.9 Å². The smallest absolute Gasteiger partial charge is 0.271 e. The molecule has 0 radical (unpaired) electrons. The minimum Gasteiger partial charge on any atom is -0.347 e. The summed E-state index contributed by atoms with van der Waals surface area (Å²) in [4.78, 5) is 28.1. The van der Waals surface area contributed by atoms with Crippen LogP contribution in [0.15, 0.2) is 47.8 Å². The molecule has 5 nitrogen and oxygen atoms in total. The van der Waals surface area contributed by atoms with Crippen LogP contribution in [0.2, 0.25) is 0 Å². The van der Waals surface area contributed by atoms with Crippen LogP contribution < -0.4 is 10.6 Å². The summed E-state index contributed by atoms with van der Waals surface area (Å²) < 4.78 is 0. The average molecular weight is 379 g/mol. The van der Waals surface area contributed by atoms with Crippen LogP contribution in [-0.4, -0.2) is 16.8 Å². The predicted octanol–water partition coefficient (Wildman–Crippen LogP) is 4.32. The molecule has 0 unspecified atom stereocenters. The van der Waals surface area contributed by atoms with Crippen molar-refractivity contribution >= 4 is 28.8 Å². The number of anilines is 1. The summed E-state index contributed by atoms with van der Waals surface area (Å²) >= 11 is 1.46. The van der Waals surface area contributed by atoms with Crippen molar-refractivity contribution in [3.05, 3.63) is 70.2 Å². The number of rotatable bonds is 5. The molecule has 0 bridgehead atoms. The highest BCUT2D eigenvalue weighted by Gasteiger charge is 2.13. The van der Waals surface area contributed by atoms with E-state index in [4.69, 9.17) is 0 Å². The normalized spacial score (nSPS) is 10.5. The second-order valence-corrected chi connectivity index (χ2v) is 7.28. The van der Waals surface area contributed by atoms with Crippen molar-refractivity contribution in [1.82, 2.24) is 10.3 Å². The number of nitrogens with zero attached hydrogens (tertiary/aromatic N) is 1. The van der Waals surface area contributed by atoms with Crippen molar-refractivity contribution in [2.24, 2.45) is 0 Å². The van der Waals surface area contributed by atoms with E-state index < -0.39 is 0 Å². The first-order chi connectivity index (χ1) is 12.9. The fourth-order valence-electron chi connectivity index (χ4n) is 2.79. The molecule has 2 amide bonds. The zero-order valence-electron chi connectivity index (χ0n) is 15.5. The zero-order valence-corrected chi connectivity index (χ0v) is 16.3. The molecule has 0 spiro atoms. The van der Waals surface area contributed by atoms with Crippen LogP contribution in [0.1, 0.15) is 34.1 Å². The van der Waals surface area contributed by atoms with Gasteiger partial charge in [-0.05, 0) is 37.1 Å². The number of benzene rings is 2. The Balaban J connectivity index is 1.67. The number of carbonyl (C=O) groups is 2. The van der Waals surface area contributed by atoms with Gasteiger partial charge in [0.05, 0.1) is 0 Å². The first kappa shape index (κ1) is 18.8. The molecule has 0 aliphatic carbocycles. The Morgan fingerprint density at radius 1 is 1.11 bits per heavy atom. The third-order valence-electron chi connectivity index (χ3n) is 4.05. The average Bonchev–Trinajstić information content (AvgIpc) is 3.09. The van der Waals surface area contributed by atoms with E-state index in [0.717, 1.165) is 21.7 Å². The van der Waals surface area contributed by atoms with Gasteiger partial charge in [-0.15, -0.1) is 11.3 Å². The number of aromatic nitrogens is 1. The van der Waals surface area contributed by atoms with Crippen LogP contribution in [0.5, 0.6) is 0 Å². The Morgan fingerprint density at radius 3 is 2.67 bits per heavy atom. The summed E-state index contributed by atoms with van der Waals surface area (Å²) in [5, 5.41) is 8.22. The van der Waals surface area contributed by atoms with Crippen molar-refractivity contribution in [1.29, 1.82) is 0 Å².